The molecule has 1 heterocycles. The van der Waals surface area contributed by atoms with E-state index in [-0.39, 0.29) is 4.75 Å². The van der Waals surface area contributed by atoms with Crippen molar-refractivity contribution in [3.8, 4) is 0 Å². The lowest BCUT2D eigenvalue weighted by Crippen LogP contribution is -2.45. The first-order chi connectivity index (χ1) is 8.51. The van der Waals surface area contributed by atoms with Crippen LogP contribution in [0.1, 0.15) is 24.1 Å². The van der Waals surface area contributed by atoms with Crippen LogP contribution >= 0.6 is 23.1 Å². The first-order valence-electron chi connectivity index (χ1n) is 5.84. The predicted octanol–water partition coefficient (Wildman–Crippen LogP) is 1.77. The number of nitrogens with two attached hydrogens (primary N) is 1. The Labute approximate surface area is 116 Å². The minimum absolute atomic E-state index is 0.111. The second kappa shape index (κ2) is 5.50. The zero-order valence-electron chi connectivity index (χ0n) is 10.3. The maximum absolute atomic E-state index is 12.1. The molecule has 18 heavy (non-hydrogen) atoms. The van der Waals surface area contributed by atoms with Crippen molar-refractivity contribution in [1.82, 2.24) is 4.72 Å². The van der Waals surface area contributed by atoms with E-state index in [9.17, 15) is 8.42 Å². The Bertz CT molecular complexity index is 501. The molecule has 0 aliphatic heterocycles. The van der Waals surface area contributed by atoms with E-state index in [1.54, 1.807) is 23.2 Å². The summed E-state index contributed by atoms with van der Waals surface area (Å²) in [5, 5.41) is 1.65. The van der Waals surface area contributed by atoms with Gasteiger partial charge in [0.15, 0.2) is 0 Å². The van der Waals surface area contributed by atoms with Gasteiger partial charge in [-0.1, -0.05) is 6.42 Å². The molecule has 0 radical (unpaired) electrons. The van der Waals surface area contributed by atoms with Crippen molar-refractivity contribution >= 4 is 33.1 Å². The number of thiophene rings is 1. The molecule has 7 heteroatoms. The Balaban J connectivity index is 2.03. The lowest BCUT2D eigenvalue weighted by molar-refractivity contribution is 0.362. The molecule has 0 unspecified atom stereocenters. The highest BCUT2D eigenvalue weighted by Crippen LogP contribution is 2.42. The van der Waals surface area contributed by atoms with Crippen molar-refractivity contribution in [3.63, 3.8) is 0 Å². The van der Waals surface area contributed by atoms with Crippen LogP contribution in [0.15, 0.2) is 16.3 Å². The van der Waals surface area contributed by atoms with Crippen LogP contribution in [0.25, 0.3) is 0 Å². The zero-order valence-corrected chi connectivity index (χ0v) is 12.8. The summed E-state index contributed by atoms with van der Waals surface area (Å²) in [5.74, 6) is 0. The number of nitrogens with one attached hydrogen (secondary N) is 1. The van der Waals surface area contributed by atoms with Gasteiger partial charge in [0.05, 0.1) is 4.90 Å². The summed E-state index contributed by atoms with van der Waals surface area (Å²) >= 11 is 3.15. The molecule has 0 spiro atoms. The molecule has 1 fully saturated rings. The molecule has 3 N–H and O–H groups in total. The van der Waals surface area contributed by atoms with Gasteiger partial charge in [0.2, 0.25) is 10.0 Å². The maximum Gasteiger partial charge on any atom is 0.241 e. The normalized spacial score (nSPS) is 18.6. The van der Waals surface area contributed by atoms with Crippen molar-refractivity contribution in [2.75, 3.05) is 12.8 Å². The topological polar surface area (TPSA) is 72.2 Å². The Kier molecular flexibility index (Phi) is 4.38. The minimum atomic E-state index is -3.38. The highest BCUT2D eigenvalue weighted by Gasteiger charge is 2.37. The van der Waals surface area contributed by atoms with Gasteiger partial charge in [-0.3, -0.25) is 0 Å². The average Bonchev–Trinajstić information content (AvgIpc) is 2.77. The van der Waals surface area contributed by atoms with E-state index >= 15 is 0 Å². The van der Waals surface area contributed by atoms with Crippen molar-refractivity contribution in [3.05, 3.63) is 16.3 Å². The van der Waals surface area contributed by atoms with E-state index in [0.717, 1.165) is 17.7 Å². The van der Waals surface area contributed by atoms with Gasteiger partial charge in [-0.15, -0.1) is 11.3 Å². The number of thioether (sulfide) groups is 1. The Hall–Kier alpha value is -0.0800. The molecule has 1 aliphatic carbocycles. The number of hydrogen-bond donors (Lipinski definition) is 2. The van der Waals surface area contributed by atoms with Crippen LogP contribution in [0.3, 0.4) is 0 Å². The van der Waals surface area contributed by atoms with E-state index in [0.29, 0.717) is 18.0 Å². The van der Waals surface area contributed by atoms with E-state index < -0.39 is 10.0 Å². The van der Waals surface area contributed by atoms with E-state index in [2.05, 4.69) is 4.72 Å². The lowest BCUT2D eigenvalue weighted by Gasteiger charge is -2.40. The largest absolute Gasteiger partial charge is 0.326 e. The fourth-order valence-corrected chi connectivity index (χ4v) is 5.23. The fraction of sp³-hybridized carbons (Fsp3) is 0.636. The van der Waals surface area contributed by atoms with Crippen LogP contribution in [0.4, 0.5) is 0 Å². The molecule has 1 aliphatic rings. The predicted molar refractivity (Wildman–Crippen MR) is 77.5 cm³/mol. The molecule has 4 nitrogen and oxygen atoms in total. The third kappa shape index (κ3) is 2.91. The molecule has 0 saturated heterocycles. The van der Waals surface area contributed by atoms with E-state index in [1.807, 2.05) is 6.26 Å². The van der Waals surface area contributed by atoms with Crippen LogP contribution in [-0.2, 0) is 16.6 Å². The highest BCUT2D eigenvalue weighted by molar-refractivity contribution is 8.00. The highest BCUT2D eigenvalue weighted by atomic mass is 32.2. The van der Waals surface area contributed by atoms with Crippen molar-refractivity contribution in [2.24, 2.45) is 5.73 Å². The number of rotatable bonds is 6. The fourth-order valence-electron chi connectivity index (χ4n) is 1.94. The monoisotopic (exact) mass is 306 g/mol. The standard InChI is InChI=1S/C11H18N2O2S3/c1-16-11(3-2-4-11)8-13-18(14,15)10-5-9(6-12)17-7-10/h5,7,13H,2-4,6,8,12H2,1H3. The quantitative estimate of drug-likeness (QED) is 0.840. The molecule has 0 aromatic carbocycles. The zero-order chi connectivity index (χ0) is 13.2. The van der Waals surface area contributed by atoms with Gasteiger partial charge in [0.25, 0.3) is 0 Å². The molecule has 1 aromatic heterocycles. The van der Waals surface area contributed by atoms with E-state index in [4.69, 9.17) is 5.73 Å². The summed E-state index contributed by atoms with van der Waals surface area (Å²) in [6, 6.07) is 1.65. The second-order valence-electron chi connectivity index (χ2n) is 4.52. The third-order valence-electron chi connectivity index (χ3n) is 3.42. The summed E-state index contributed by atoms with van der Waals surface area (Å²) < 4.78 is 27.1. The number of hydrogen-bond acceptors (Lipinski definition) is 5. The van der Waals surface area contributed by atoms with Gasteiger partial charge in [-0.25, -0.2) is 13.1 Å². The molecule has 2 rings (SSSR count). The molecule has 0 bridgehead atoms. The summed E-state index contributed by atoms with van der Waals surface area (Å²) in [6.45, 7) is 0.902. The van der Waals surface area contributed by atoms with Crippen LogP contribution in [0.2, 0.25) is 0 Å². The first kappa shape index (κ1) is 14.3. The lowest BCUT2D eigenvalue weighted by atomic mass is 9.84. The van der Waals surface area contributed by atoms with Crippen LogP contribution in [0, 0.1) is 0 Å². The average molecular weight is 306 g/mol. The Morgan fingerprint density at radius 2 is 2.28 bits per heavy atom. The van der Waals surface area contributed by atoms with Crippen molar-refractivity contribution < 1.29 is 8.42 Å². The van der Waals surface area contributed by atoms with Gasteiger partial charge in [-0.2, -0.15) is 11.8 Å². The third-order valence-corrected chi connectivity index (χ3v) is 7.33. The van der Waals surface area contributed by atoms with Crippen LogP contribution in [0.5, 0.6) is 0 Å². The van der Waals surface area contributed by atoms with E-state index in [1.165, 1.54) is 17.8 Å². The van der Waals surface area contributed by atoms with Crippen molar-refractivity contribution in [1.29, 1.82) is 0 Å². The first-order valence-corrected chi connectivity index (χ1v) is 9.42. The van der Waals surface area contributed by atoms with Gasteiger partial charge >= 0.3 is 0 Å². The number of sulfonamides is 1. The molecule has 1 saturated carbocycles. The SMILES string of the molecule is CSC1(CNS(=O)(=O)c2csc(CN)c2)CCC1. The molecule has 1 aromatic rings. The smallest absolute Gasteiger partial charge is 0.241 e. The van der Waals surface area contributed by atoms with Gasteiger partial charge < -0.3 is 5.73 Å². The summed E-state index contributed by atoms with van der Waals surface area (Å²) in [7, 11) is -3.38. The molecule has 102 valence electrons. The van der Waals surface area contributed by atoms with Gasteiger partial charge in [0, 0.05) is 28.1 Å². The van der Waals surface area contributed by atoms with Crippen molar-refractivity contribution in [2.45, 2.75) is 35.4 Å². The van der Waals surface area contributed by atoms with Crippen LogP contribution < -0.4 is 10.5 Å². The molecular weight excluding hydrogens is 288 g/mol. The second-order valence-corrected chi connectivity index (χ2v) is 8.56. The molecule has 0 atom stereocenters. The van der Waals surface area contributed by atoms with Gasteiger partial charge in [-0.05, 0) is 25.2 Å². The summed E-state index contributed by atoms with van der Waals surface area (Å²) in [5.41, 5.74) is 5.49. The Morgan fingerprint density at radius 1 is 1.56 bits per heavy atom. The summed E-state index contributed by atoms with van der Waals surface area (Å²) in [6.07, 6.45) is 5.42. The molecule has 0 amide bonds. The minimum Gasteiger partial charge on any atom is -0.326 e. The summed E-state index contributed by atoms with van der Waals surface area (Å²) in [4.78, 5) is 1.22. The van der Waals surface area contributed by atoms with Crippen LogP contribution in [-0.4, -0.2) is 26.0 Å². The van der Waals surface area contributed by atoms with Gasteiger partial charge in [0.1, 0.15) is 0 Å². The maximum atomic E-state index is 12.1. The Morgan fingerprint density at radius 3 is 2.72 bits per heavy atom. The molecular formula is C11H18N2O2S3.